The molecule has 0 saturated carbocycles. The molecule has 0 aromatic carbocycles. The van der Waals surface area contributed by atoms with Crippen molar-refractivity contribution in [1.29, 1.82) is 0 Å². The standard InChI is InChI=1S/C16H33NO3/c1-4-6-8-11-17(14-15(3)18,12-9-7-5-2)13-10-16(19)20/h15,18H,4-14H2,1-3H3. The first-order valence-corrected chi connectivity index (χ1v) is 8.18. The third-order valence-corrected chi connectivity index (χ3v) is 3.91. The molecule has 0 rings (SSSR count). The van der Waals surface area contributed by atoms with Gasteiger partial charge in [0, 0.05) is 12.4 Å². The molecule has 0 aliphatic heterocycles. The molecule has 0 bridgehead atoms. The summed E-state index contributed by atoms with van der Waals surface area (Å²) in [6.07, 6.45) is 6.54. The van der Waals surface area contributed by atoms with Crippen LogP contribution in [0.3, 0.4) is 0 Å². The van der Waals surface area contributed by atoms with E-state index in [-0.39, 0.29) is 12.5 Å². The molecule has 0 aromatic heterocycles. The molecule has 0 saturated heterocycles. The van der Waals surface area contributed by atoms with Gasteiger partial charge in [-0.15, -0.1) is 0 Å². The molecule has 1 unspecified atom stereocenters. The van der Waals surface area contributed by atoms with Gasteiger partial charge in [-0.25, -0.2) is 0 Å². The fraction of sp³-hybridized carbons (Fsp3) is 0.938. The minimum Gasteiger partial charge on any atom is -0.550 e. The minimum atomic E-state index is -0.982. The summed E-state index contributed by atoms with van der Waals surface area (Å²) in [4.78, 5) is 10.8. The number of carbonyl (C=O) groups excluding carboxylic acids is 1. The van der Waals surface area contributed by atoms with Gasteiger partial charge in [0.25, 0.3) is 0 Å². The first-order valence-electron chi connectivity index (χ1n) is 8.18. The van der Waals surface area contributed by atoms with Crippen molar-refractivity contribution in [3.05, 3.63) is 0 Å². The lowest BCUT2D eigenvalue weighted by molar-refractivity contribution is -0.930. The highest BCUT2D eigenvalue weighted by Gasteiger charge is 2.28. The molecule has 120 valence electrons. The number of rotatable bonds is 13. The third-order valence-electron chi connectivity index (χ3n) is 3.91. The van der Waals surface area contributed by atoms with Crippen molar-refractivity contribution >= 4 is 5.97 Å². The summed E-state index contributed by atoms with van der Waals surface area (Å²) < 4.78 is 0.728. The first kappa shape index (κ1) is 19.4. The summed E-state index contributed by atoms with van der Waals surface area (Å²) in [7, 11) is 0. The van der Waals surface area contributed by atoms with Crippen LogP contribution >= 0.6 is 0 Å². The number of aliphatic hydroxyl groups is 1. The van der Waals surface area contributed by atoms with Gasteiger partial charge in [-0.2, -0.15) is 0 Å². The summed E-state index contributed by atoms with van der Waals surface area (Å²) in [5.41, 5.74) is 0. The van der Waals surface area contributed by atoms with Crippen LogP contribution in [0.4, 0.5) is 0 Å². The summed E-state index contributed by atoms with van der Waals surface area (Å²) in [5, 5.41) is 20.6. The molecule has 0 aromatic rings. The molecule has 0 aliphatic carbocycles. The maximum atomic E-state index is 10.8. The van der Waals surface area contributed by atoms with Crippen LogP contribution in [0, 0.1) is 0 Å². The van der Waals surface area contributed by atoms with Crippen LogP contribution in [0.25, 0.3) is 0 Å². The number of hydrogen-bond acceptors (Lipinski definition) is 3. The van der Waals surface area contributed by atoms with Crippen LogP contribution < -0.4 is 5.11 Å². The number of nitrogens with zero attached hydrogens (tertiary/aromatic N) is 1. The topological polar surface area (TPSA) is 60.4 Å². The number of hydrogen-bond donors (Lipinski definition) is 1. The third kappa shape index (κ3) is 9.32. The van der Waals surface area contributed by atoms with Crippen LogP contribution in [0.2, 0.25) is 0 Å². The van der Waals surface area contributed by atoms with Crippen molar-refractivity contribution in [2.75, 3.05) is 26.2 Å². The Hall–Kier alpha value is -0.610. The lowest BCUT2D eigenvalue weighted by Gasteiger charge is -2.40. The lowest BCUT2D eigenvalue weighted by atomic mass is 10.1. The van der Waals surface area contributed by atoms with E-state index in [1.807, 2.05) is 0 Å². The zero-order chi connectivity index (χ0) is 15.4. The fourth-order valence-electron chi connectivity index (χ4n) is 2.89. The Bertz CT molecular complexity index is 244. The van der Waals surface area contributed by atoms with Gasteiger partial charge in [0.05, 0.1) is 19.6 Å². The second-order valence-corrected chi connectivity index (χ2v) is 6.08. The number of aliphatic hydroxyl groups excluding tert-OH is 1. The largest absolute Gasteiger partial charge is 0.550 e. The molecule has 0 aliphatic rings. The van der Waals surface area contributed by atoms with Crippen molar-refractivity contribution in [2.45, 2.75) is 71.8 Å². The highest BCUT2D eigenvalue weighted by atomic mass is 16.4. The number of carboxylic acid groups (broad SMARTS) is 1. The van der Waals surface area contributed by atoms with Crippen LogP contribution in [-0.4, -0.2) is 47.8 Å². The zero-order valence-electron chi connectivity index (χ0n) is 13.6. The van der Waals surface area contributed by atoms with E-state index in [1.54, 1.807) is 6.92 Å². The van der Waals surface area contributed by atoms with Crippen molar-refractivity contribution in [2.24, 2.45) is 0 Å². The van der Waals surface area contributed by atoms with E-state index < -0.39 is 5.97 Å². The molecule has 0 amide bonds. The number of unbranched alkanes of at least 4 members (excludes halogenated alkanes) is 4. The number of carboxylic acids is 1. The van der Waals surface area contributed by atoms with Gasteiger partial charge in [0.1, 0.15) is 12.6 Å². The monoisotopic (exact) mass is 287 g/mol. The quantitative estimate of drug-likeness (QED) is 0.414. The average Bonchev–Trinajstić information content (AvgIpc) is 2.36. The molecule has 1 atom stereocenters. The molecule has 0 heterocycles. The van der Waals surface area contributed by atoms with Crippen molar-refractivity contribution < 1.29 is 19.5 Å². The van der Waals surface area contributed by atoms with Crippen molar-refractivity contribution in [1.82, 2.24) is 0 Å². The van der Waals surface area contributed by atoms with Gasteiger partial charge in [-0.1, -0.05) is 26.7 Å². The lowest BCUT2D eigenvalue weighted by Crippen LogP contribution is -2.54. The van der Waals surface area contributed by atoms with E-state index in [1.165, 1.54) is 12.8 Å². The van der Waals surface area contributed by atoms with Crippen molar-refractivity contribution in [3.63, 3.8) is 0 Å². The van der Waals surface area contributed by atoms with Crippen LogP contribution in [-0.2, 0) is 4.79 Å². The molecule has 0 fully saturated rings. The normalized spacial score (nSPS) is 13.4. The Morgan fingerprint density at radius 3 is 1.90 bits per heavy atom. The fourth-order valence-corrected chi connectivity index (χ4v) is 2.89. The maximum absolute atomic E-state index is 10.8. The molecule has 0 spiro atoms. The molecule has 4 nitrogen and oxygen atoms in total. The molecule has 20 heavy (non-hydrogen) atoms. The predicted octanol–water partition coefficient (Wildman–Crippen LogP) is 1.70. The smallest absolute Gasteiger partial charge is 0.105 e. The minimum absolute atomic E-state index is 0.0883. The van der Waals surface area contributed by atoms with E-state index in [0.29, 0.717) is 13.1 Å². The molecule has 0 radical (unpaired) electrons. The van der Waals surface area contributed by atoms with Gasteiger partial charge in [-0.05, 0) is 32.6 Å². The first-order chi connectivity index (χ1) is 9.45. The number of aliphatic carboxylic acids is 1. The molecular formula is C16H33NO3. The maximum Gasteiger partial charge on any atom is 0.105 e. The zero-order valence-corrected chi connectivity index (χ0v) is 13.6. The molecule has 1 N–H and O–H groups in total. The van der Waals surface area contributed by atoms with Crippen LogP contribution in [0.15, 0.2) is 0 Å². The highest BCUT2D eigenvalue weighted by Crippen LogP contribution is 2.16. The summed E-state index contributed by atoms with van der Waals surface area (Å²) in [5.74, 6) is -0.982. The highest BCUT2D eigenvalue weighted by molar-refractivity contribution is 5.64. The number of quaternary nitrogens is 1. The number of carbonyl (C=O) groups is 1. The van der Waals surface area contributed by atoms with Crippen LogP contribution in [0.5, 0.6) is 0 Å². The van der Waals surface area contributed by atoms with Gasteiger partial charge < -0.3 is 19.5 Å². The van der Waals surface area contributed by atoms with Gasteiger partial charge in [-0.3, -0.25) is 0 Å². The summed E-state index contributed by atoms with van der Waals surface area (Å²) >= 11 is 0. The van der Waals surface area contributed by atoms with E-state index in [2.05, 4.69) is 13.8 Å². The van der Waals surface area contributed by atoms with E-state index in [4.69, 9.17) is 0 Å². The van der Waals surface area contributed by atoms with E-state index >= 15 is 0 Å². The predicted molar refractivity (Wildman–Crippen MR) is 80.1 cm³/mol. The Morgan fingerprint density at radius 1 is 1.05 bits per heavy atom. The van der Waals surface area contributed by atoms with E-state index in [0.717, 1.165) is 43.3 Å². The van der Waals surface area contributed by atoms with Crippen LogP contribution in [0.1, 0.15) is 65.7 Å². The summed E-state index contributed by atoms with van der Waals surface area (Å²) in [6.45, 7) is 9.31. The Balaban J connectivity index is 4.69. The average molecular weight is 287 g/mol. The molecule has 4 heteroatoms. The van der Waals surface area contributed by atoms with Crippen molar-refractivity contribution in [3.8, 4) is 0 Å². The Labute approximate surface area is 124 Å². The Morgan fingerprint density at radius 2 is 1.55 bits per heavy atom. The second kappa shape index (κ2) is 11.1. The van der Waals surface area contributed by atoms with Gasteiger partial charge >= 0.3 is 0 Å². The molecular weight excluding hydrogens is 254 g/mol. The Kier molecular flexibility index (Phi) is 10.8. The van der Waals surface area contributed by atoms with Gasteiger partial charge in [0.2, 0.25) is 0 Å². The SMILES string of the molecule is CCCCC[N+](CCCCC)(CCC(=O)[O-])CC(C)O. The van der Waals surface area contributed by atoms with E-state index in [9.17, 15) is 15.0 Å². The van der Waals surface area contributed by atoms with Gasteiger partial charge in [0.15, 0.2) is 0 Å². The second-order valence-electron chi connectivity index (χ2n) is 6.08. The summed E-state index contributed by atoms with van der Waals surface area (Å²) in [6, 6.07) is 0.